The number of aliphatic hydroxyl groups excluding tert-OH is 1. The fraction of sp³-hybridized carbons (Fsp3) is 0.692. The van der Waals surface area contributed by atoms with Crippen LogP contribution in [0, 0.1) is 11.3 Å². The van der Waals surface area contributed by atoms with E-state index in [2.05, 4.69) is 9.97 Å². The molecule has 2 saturated heterocycles. The fourth-order valence-corrected chi connectivity index (χ4v) is 3.13. The van der Waals surface area contributed by atoms with Crippen molar-refractivity contribution in [1.82, 2.24) is 9.97 Å². The van der Waals surface area contributed by atoms with Crippen LogP contribution >= 0.6 is 0 Å². The van der Waals surface area contributed by atoms with Crippen molar-refractivity contribution in [3.8, 4) is 0 Å². The fourth-order valence-electron chi connectivity index (χ4n) is 3.13. The van der Waals surface area contributed by atoms with Gasteiger partial charge in [0.05, 0.1) is 13.2 Å². The number of rotatable bonds is 2. The number of ether oxygens (including phenoxy) is 1. The smallest absolute Gasteiger partial charge is 0.396 e. The van der Waals surface area contributed by atoms with E-state index in [1.165, 1.54) is 0 Å². The summed E-state index contributed by atoms with van der Waals surface area (Å²) in [6.45, 7) is 1.95. The van der Waals surface area contributed by atoms with E-state index < -0.39 is 17.3 Å². The van der Waals surface area contributed by atoms with E-state index in [4.69, 9.17) is 4.74 Å². The molecule has 1 aromatic rings. The first-order chi connectivity index (χ1) is 9.94. The molecule has 5 nitrogen and oxygen atoms in total. The first-order valence-electron chi connectivity index (χ1n) is 6.78. The molecule has 0 unspecified atom stereocenters. The second kappa shape index (κ2) is 5.10. The lowest BCUT2D eigenvalue weighted by molar-refractivity contribution is -0.141. The summed E-state index contributed by atoms with van der Waals surface area (Å²) in [6, 6.07) is 0.859. The van der Waals surface area contributed by atoms with Crippen LogP contribution in [0.25, 0.3) is 0 Å². The van der Waals surface area contributed by atoms with Crippen molar-refractivity contribution in [2.45, 2.75) is 12.6 Å². The van der Waals surface area contributed by atoms with Crippen molar-refractivity contribution in [2.75, 3.05) is 37.8 Å². The molecule has 21 heavy (non-hydrogen) atoms. The lowest BCUT2D eigenvalue weighted by Crippen LogP contribution is -2.43. The average Bonchev–Trinajstić information content (AvgIpc) is 2.86. The van der Waals surface area contributed by atoms with Crippen molar-refractivity contribution in [3.63, 3.8) is 0 Å². The summed E-state index contributed by atoms with van der Waals surface area (Å²) in [6.07, 6.45) is -2.58. The molecule has 0 bridgehead atoms. The Balaban J connectivity index is 1.86. The Morgan fingerprint density at radius 1 is 1.48 bits per heavy atom. The van der Waals surface area contributed by atoms with Gasteiger partial charge in [-0.05, 0) is 18.4 Å². The van der Waals surface area contributed by atoms with Crippen LogP contribution in [-0.4, -0.2) is 48.0 Å². The minimum absolute atomic E-state index is 0.0485. The van der Waals surface area contributed by atoms with Gasteiger partial charge < -0.3 is 14.7 Å². The molecule has 1 N–H and O–H groups in total. The van der Waals surface area contributed by atoms with Crippen molar-refractivity contribution in [1.29, 1.82) is 0 Å². The Hall–Kier alpha value is -1.41. The van der Waals surface area contributed by atoms with Crippen molar-refractivity contribution in [2.24, 2.45) is 11.3 Å². The molecule has 2 fully saturated rings. The van der Waals surface area contributed by atoms with Gasteiger partial charge in [0.2, 0.25) is 5.95 Å². The Bertz CT molecular complexity index is 526. The first kappa shape index (κ1) is 14.5. The van der Waals surface area contributed by atoms with Crippen LogP contribution in [0.3, 0.4) is 0 Å². The predicted molar refractivity (Wildman–Crippen MR) is 67.7 cm³/mol. The highest BCUT2D eigenvalue weighted by Crippen LogP contribution is 2.42. The summed E-state index contributed by atoms with van der Waals surface area (Å²) >= 11 is 0. The highest BCUT2D eigenvalue weighted by atomic mass is 19.4. The van der Waals surface area contributed by atoms with Crippen LogP contribution in [0.2, 0.25) is 0 Å². The highest BCUT2D eigenvalue weighted by molar-refractivity contribution is 5.35. The van der Waals surface area contributed by atoms with Gasteiger partial charge in [-0.1, -0.05) is 0 Å². The van der Waals surface area contributed by atoms with Crippen LogP contribution in [-0.2, 0) is 10.9 Å². The molecule has 0 aromatic carbocycles. The van der Waals surface area contributed by atoms with Crippen LogP contribution in [0.4, 0.5) is 19.1 Å². The van der Waals surface area contributed by atoms with E-state index in [9.17, 15) is 18.3 Å². The number of nitrogens with zero attached hydrogens (tertiary/aromatic N) is 3. The molecule has 2 aliphatic rings. The SMILES string of the molecule is OC[C@]12COCC[C@H]1CN(c1nccc(C(F)(F)F)n1)C2. The molecular formula is C13H16F3N3O2. The lowest BCUT2D eigenvalue weighted by atomic mass is 9.76. The summed E-state index contributed by atoms with van der Waals surface area (Å²) in [5.41, 5.74) is -1.37. The number of hydrogen-bond donors (Lipinski definition) is 1. The van der Waals surface area contributed by atoms with E-state index >= 15 is 0 Å². The summed E-state index contributed by atoms with van der Waals surface area (Å²) in [7, 11) is 0. The van der Waals surface area contributed by atoms with Gasteiger partial charge in [-0.2, -0.15) is 13.2 Å². The van der Waals surface area contributed by atoms with Gasteiger partial charge in [0.1, 0.15) is 5.69 Å². The number of aromatic nitrogens is 2. The molecular weight excluding hydrogens is 287 g/mol. The van der Waals surface area contributed by atoms with E-state index in [1.807, 2.05) is 0 Å². The Labute approximate surface area is 119 Å². The second-order valence-electron chi connectivity index (χ2n) is 5.68. The van der Waals surface area contributed by atoms with Gasteiger partial charge in [0.25, 0.3) is 0 Å². The largest absolute Gasteiger partial charge is 0.433 e. The van der Waals surface area contributed by atoms with Crippen LogP contribution in [0.5, 0.6) is 0 Å². The molecule has 0 radical (unpaired) electrons. The maximum absolute atomic E-state index is 12.7. The Morgan fingerprint density at radius 2 is 2.29 bits per heavy atom. The van der Waals surface area contributed by atoms with Crippen LogP contribution in [0.1, 0.15) is 12.1 Å². The number of alkyl halides is 3. The normalized spacial score (nSPS) is 29.5. The van der Waals surface area contributed by atoms with Crippen LogP contribution in [0.15, 0.2) is 12.3 Å². The third-order valence-corrected chi connectivity index (χ3v) is 4.34. The Morgan fingerprint density at radius 3 is 2.95 bits per heavy atom. The zero-order chi connectivity index (χ0) is 15.1. The quantitative estimate of drug-likeness (QED) is 0.893. The molecule has 2 atom stereocenters. The molecule has 3 heterocycles. The highest BCUT2D eigenvalue weighted by Gasteiger charge is 2.49. The summed E-state index contributed by atoms with van der Waals surface area (Å²) in [5.74, 6) is 0.251. The molecule has 8 heteroatoms. The summed E-state index contributed by atoms with van der Waals surface area (Å²) in [5, 5.41) is 9.67. The molecule has 2 aliphatic heterocycles. The number of aliphatic hydroxyl groups is 1. The van der Waals surface area contributed by atoms with Crippen molar-refractivity contribution < 1.29 is 23.0 Å². The van der Waals surface area contributed by atoms with Gasteiger partial charge in [-0.3, -0.25) is 0 Å². The third kappa shape index (κ3) is 2.57. The second-order valence-corrected chi connectivity index (χ2v) is 5.68. The van der Waals surface area contributed by atoms with E-state index in [0.717, 1.165) is 18.7 Å². The standard InChI is InChI=1S/C13H16F3N3O2/c14-13(15,16)10-1-3-17-11(18-10)19-5-9-2-4-21-8-12(9,6-19)7-20/h1,3,9,20H,2,4-8H2/t9-,12+/m0/s1. The lowest BCUT2D eigenvalue weighted by Gasteiger charge is -2.36. The number of fused-ring (bicyclic) bond motifs is 1. The monoisotopic (exact) mass is 303 g/mol. The molecule has 116 valence electrons. The van der Waals surface area contributed by atoms with Crippen LogP contribution < -0.4 is 4.90 Å². The van der Waals surface area contributed by atoms with Gasteiger partial charge >= 0.3 is 6.18 Å². The molecule has 0 aliphatic carbocycles. The summed E-state index contributed by atoms with van der Waals surface area (Å²) in [4.78, 5) is 9.28. The predicted octanol–water partition coefficient (Wildman–Crippen LogP) is 1.33. The third-order valence-electron chi connectivity index (χ3n) is 4.34. The summed E-state index contributed by atoms with van der Waals surface area (Å²) < 4.78 is 43.6. The number of anilines is 1. The van der Waals surface area contributed by atoms with Crippen molar-refractivity contribution in [3.05, 3.63) is 18.0 Å². The zero-order valence-corrected chi connectivity index (χ0v) is 11.3. The minimum atomic E-state index is -4.48. The number of hydrogen-bond acceptors (Lipinski definition) is 5. The maximum atomic E-state index is 12.7. The van der Waals surface area contributed by atoms with E-state index in [0.29, 0.717) is 26.3 Å². The topological polar surface area (TPSA) is 58.5 Å². The van der Waals surface area contributed by atoms with E-state index in [1.54, 1.807) is 4.90 Å². The number of halogens is 3. The maximum Gasteiger partial charge on any atom is 0.433 e. The van der Waals surface area contributed by atoms with E-state index in [-0.39, 0.29) is 18.5 Å². The van der Waals surface area contributed by atoms with Gasteiger partial charge in [-0.25, -0.2) is 9.97 Å². The first-order valence-corrected chi connectivity index (χ1v) is 6.78. The molecule has 3 rings (SSSR count). The molecule has 0 amide bonds. The van der Waals surface area contributed by atoms with Gasteiger partial charge in [0, 0.05) is 31.3 Å². The van der Waals surface area contributed by atoms with Gasteiger partial charge in [-0.15, -0.1) is 0 Å². The zero-order valence-electron chi connectivity index (χ0n) is 11.3. The molecule has 1 aromatic heterocycles. The van der Waals surface area contributed by atoms with Crippen molar-refractivity contribution >= 4 is 5.95 Å². The average molecular weight is 303 g/mol. The molecule has 0 spiro atoms. The molecule has 0 saturated carbocycles. The Kier molecular flexibility index (Phi) is 3.53. The van der Waals surface area contributed by atoms with Gasteiger partial charge in [0.15, 0.2) is 0 Å². The minimum Gasteiger partial charge on any atom is -0.396 e.